The van der Waals surface area contributed by atoms with Crippen molar-refractivity contribution in [2.45, 2.75) is 25.7 Å². The highest BCUT2D eigenvalue weighted by atomic mass is 32.2. The Balaban J connectivity index is 1.81. The van der Waals surface area contributed by atoms with Crippen LogP contribution in [0.3, 0.4) is 0 Å². The molecule has 1 aliphatic rings. The first kappa shape index (κ1) is 12.4. The Bertz CT molecular complexity index is 306. The average Bonchev–Trinajstić information content (AvgIpc) is 2.75. The van der Waals surface area contributed by atoms with Gasteiger partial charge in [0.05, 0.1) is 10.7 Å². The Hall–Kier alpha value is -0.0600. The normalized spacial score (nSPS) is 17.8. The zero-order valence-electron chi connectivity index (χ0n) is 9.87. The largest absolute Gasteiger partial charge is 0.319 e. The molecule has 0 bridgehead atoms. The molecule has 2 heterocycles. The van der Waals surface area contributed by atoms with Crippen LogP contribution in [0.1, 0.15) is 23.5 Å². The standard InChI is InChI=1S/C12H20N2S2/c1-13-5-2-11-9-16-12(14-11)8-10-3-6-15-7-4-10/h9-10,13H,2-8H2,1H3. The molecule has 0 atom stereocenters. The zero-order valence-corrected chi connectivity index (χ0v) is 11.5. The van der Waals surface area contributed by atoms with Crippen molar-refractivity contribution in [3.63, 3.8) is 0 Å². The fraction of sp³-hybridized carbons (Fsp3) is 0.750. The van der Waals surface area contributed by atoms with E-state index in [1.54, 1.807) is 0 Å². The topological polar surface area (TPSA) is 24.9 Å². The number of hydrogen-bond donors (Lipinski definition) is 1. The van der Waals surface area contributed by atoms with Crippen molar-refractivity contribution in [3.8, 4) is 0 Å². The van der Waals surface area contributed by atoms with Crippen LogP contribution < -0.4 is 5.32 Å². The molecule has 0 aliphatic carbocycles. The molecule has 1 N–H and O–H groups in total. The van der Waals surface area contributed by atoms with Crippen LogP contribution >= 0.6 is 23.1 Å². The van der Waals surface area contributed by atoms with Crippen LogP contribution in [0.25, 0.3) is 0 Å². The van der Waals surface area contributed by atoms with Crippen LogP contribution in [-0.4, -0.2) is 30.1 Å². The van der Waals surface area contributed by atoms with Gasteiger partial charge in [-0.1, -0.05) is 0 Å². The molecule has 90 valence electrons. The summed E-state index contributed by atoms with van der Waals surface area (Å²) in [6, 6.07) is 0. The van der Waals surface area contributed by atoms with E-state index in [0.717, 1.165) is 18.9 Å². The van der Waals surface area contributed by atoms with Gasteiger partial charge in [0, 0.05) is 24.8 Å². The highest BCUT2D eigenvalue weighted by Crippen LogP contribution is 2.26. The second-order valence-corrected chi connectivity index (χ2v) is 6.51. The minimum Gasteiger partial charge on any atom is -0.319 e. The van der Waals surface area contributed by atoms with Crippen LogP contribution in [-0.2, 0) is 12.8 Å². The Morgan fingerprint density at radius 2 is 2.25 bits per heavy atom. The quantitative estimate of drug-likeness (QED) is 0.876. The van der Waals surface area contributed by atoms with Gasteiger partial charge >= 0.3 is 0 Å². The molecule has 1 fully saturated rings. The van der Waals surface area contributed by atoms with Gasteiger partial charge in [0.25, 0.3) is 0 Å². The molecule has 0 radical (unpaired) electrons. The lowest BCUT2D eigenvalue weighted by atomic mass is 9.99. The summed E-state index contributed by atoms with van der Waals surface area (Å²) < 4.78 is 0. The summed E-state index contributed by atoms with van der Waals surface area (Å²) >= 11 is 3.95. The van der Waals surface area contributed by atoms with Gasteiger partial charge in [-0.3, -0.25) is 0 Å². The smallest absolute Gasteiger partial charge is 0.0931 e. The lowest BCUT2D eigenvalue weighted by molar-refractivity contribution is 0.486. The van der Waals surface area contributed by atoms with Crippen molar-refractivity contribution in [2.24, 2.45) is 5.92 Å². The fourth-order valence-corrected chi connectivity index (χ4v) is 4.16. The van der Waals surface area contributed by atoms with E-state index in [1.807, 2.05) is 18.4 Å². The van der Waals surface area contributed by atoms with Crippen molar-refractivity contribution >= 4 is 23.1 Å². The maximum atomic E-state index is 4.71. The van der Waals surface area contributed by atoms with E-state index in [0.29, 0.717) is 0 Å². The van der Waals surface area contributed by atoms with Crippen molar-refractivity contribution in [2.75, 3.05) is 25.1 Å². The number of thioether (sulfide) groups is 1. The number of nitrogens with zero attached hydrogens (tertiary/aromatic N) is 1. The molecule has 0 saturated carbocycles. The Morgan fingerprint density at radius 3 is 3.00 bits per heavy atom. The molecule has 0 aromatic carbocycles. The third-order valence-electron chi connectivity index (χ3n) is 3.03. The van der Waals surface area contributed by atoms with Gasteiger partial charge in [-0.25, -0.2) is 4.98 Å². The fourth-order valence-electron chi connectivity index (χ4n) is 2.01. The van der Waals surface area contributed by atoms with E-state index in [1.165, 1.54) is 41.5 Å². The number of nitrogens with one attached hydrogen (secondary N) is 1. The number of hydrogen-bond acceptors (Lipinski definition) is 4. The summed E-state index contributed by atoms with van der Waals surface area (Å²) in [5.74, 6) is 3.59. The minimum absolute atomic E-state index is 0.893. The van der Waals surface area contributed by atoms with Crippen LogP contribution in [0, 0.1) is 5.92 Å². The minimum atomic E-state index is 0.893. The van der Waals surface area contributed by atoms with Crippen LogP contribution in [0.5, 0.6) is 0 Å². The molecule has 0 unspecified atom stereocenters. The summed E-state index contributed by atoms with van der Waals surface area (Å²) in [5.41, 5.74) is 1.26. The van der Waals surface area contributed by atoms with Gasteiger partial charge in [-0.2, -0.15) is 11.8 Å². The number of rotatable bonds is 5. The molecular weight excluding hydrogens is 236 g/mol. The second kappa shape index (κ2) is 6.62. The molecule has 2 rings (SSSR count). The zero-order chi connectivity index (χ0) is 11.2. The average molecular weight is 256 g/mol. The summed E-state index contributed by atoms with van der Waals surface area (Å²) in [5, 5.41) is 6.75. The lowest BCUT2D eigenvalue weighted by Crippen LogP contribution is -2.12. The maximum Gasteiger partial charge on any atom is 0.0931 e. The first-order valence-corrected chi connectivity index (χ1v) is 8.07. The van der Waals surface area contributed by atoms with Crippen LogP contribution in [0.4, 0.5) is 0 Å². The van der Waals surface area contributed by atoms with Gasteiger partial charge in [-0.05, 0) is 37.3 Å². The number of aromatic nitrogens is 1. The molecule has 1 aliphatic heterocycles. The summed E-state index contributed by atoms with van der Waals surface area (Å²) in [7, 11) is 1.99. The summed E-state index contributed by atoms with van der Waals surface area (Å²) in [6.45, 7) is 1.03. The monoisotopic (exact) mass is 256 g/mol. The van der Waals surface area contributed by atoms with Crippen molar-refractivity contribution < 1.29 is 0 Å². The third kappa shape index (κ3) is 3.75. The predicted molar refractivity (Wildman–Crippen MR) is 73.5 cm³/mol. The van der Waals surface area contributed by atoms with Crippen molar-refractivity contribution in [1.82, 2.24) is 10.3 Å². The van der Waals surface area contributed by atoms with Crippen LogP contribution in [0.2, 0.25) is 0 Å². The highest BCUT2D eigenvalue weighted by molar-refractivity contribution is 7.99. The molecule has 1 aromatic rings. The number of likely N-dealkylation sites (N-methyl/N-ethyl adjacent to an activating group) is 1. The maximum absolute atomic E-state index is 4.71. The van der Waals surface area contributed by atoms with Gasteiger partial charge in [0.1, 0.15) is 0 Å². The van der Waals surface area contributed by atoms with E-state index in [4.69, 9.17) is 4.98 Å². The first-order valence-electron chi connectivity index (χ1n) is 6.04. The summed E-state index contributed by atoms with van der Waals surface area (Å²) in [6.07, 6.45) is 5.05. The van der Waals surface area contributed by atoms with E-state index in [2.05, 4.69) is 22.5 Å². The van der Waals surface area contributed by atoms with Gasteiger partial charge in [0.15, 0.2) is 0 Å². The molecule has 2 nitrogen and oxygen atoms in total. The number of thiazole rings is 1. The molecule has 4 heteroatoms. The lowest BCUT2D eigenvalue weighted by Gasteiger charge is -2.19. The van der Waals surface area contributed by atoms with Crippen molar-refractivity contribution in [3.05, 3.63) is 16.1 Å². The molecular formula is C12H20N2S2. The second-order valence-electron chi connectivity index (χ2n) is 4.35. The van der Waals surface area contributed by atoms with E-state index >= 15 is 0 Å². The van der Waals surface area contributed by atoms with E-state index in [9.17, 15) is 0 Å². The first-order chi connectivity index (χ1) is 7.88. The van der Waals surface area contributed by atoms with Gasteiger partial charge in [0.2, 0.25) is 0 Å². The van der Waals surface area contributed by atoms with Crippen molar-refractivity contribution in [1.29, 1.82) is 0 Å². The molecule has 0 spiro atoms. The molecule has 1 saturated heterocycles. The van der Waals surface area contributed by atoms with Gasteiger partial charge < -0.3 is 5.32 Å². The Morgan fingerprint density at radius 1 is 1.44 bits per heavy atom. The Labute approximate surface area is 106 Å². The third-order valence-corrected chi connectivity index (χ3v) is 5.00. The van der Waals surface area contributed by atoms with E-state index in [-0.39, 0.29) is 0 Å². The van der Waals surface area contributed by atoms with Gasteiger partial charge in [-0.15, -0.1) is 11.3 Å². The SMILES string of the molecule is CNCCc1csc(CC2CCSCC2)n1. The highest BCUT2D eigenvalue weighted by Gasteiger charge is 2.15. The van der Waals surface area contributed by atoms with Crippen LogP contribution in [0.15, 0.2) is 5.38 Å². The predicted octanol–water partition coefficient (Wildman–Crippen LogP) is 2.59. The molecule has 16 heavy (non-hydrogen) atoms. The molecule has 1 aromatic heterocycles. The van der Waals surface area contributed by atoms with E-state index < -0.39 is 0 Å². The molecule has 0 amide bonds. The Kier molecular flexibility index (Phi) is 5.13. The summed E-state index contributed by atoms with van der Waals surface area (Å²) in [4.78, 5) is 4.71.